The number of carbonyl (C=O) groups is 3. The van der Waals surface area contributed by atoms with E-state index in [-0.39, 0.29) is 49.1 Å². The van der Waals surface area contributed by atoms with E-state index in [9.17, 15) is 19.5 Å². The Labute approximate surface area is 239 Å². The molecule has 1 aliphatic rings. The molecule has 196 valence electrons. The van der Waals surface area contributed by atoms with E-state index in [0.717, 1.165) is 16.7 Å². The predicted molar refractivity (Wildman–Crippen MR) is 140 cm³/mol. The zero-order valence-electron chi connectivity index (χ0n) is 21.2. The third kappa shape index (κ3) is 7.70. The summed E-state index contributed by atoms with van der Waals surface area (Å²) in [4.78, 5) is 39.6. The van der Waals surface area contributed by atoms with Gasteiger partial charge in [0.1, 0.15) is 12.1 Å². The summed E-state index contributed by atoms with van der Waals surface area (Å²) in [5, 5.41) is 13.0. The van der Waals surface area contributed by atoms with E-state index >= 15 is 0 Å². The minimum absolute atomic E-state index is 0. The SMILES string of the molecule is CCOC(=O)C(CCc1ccccc1)NC(C)C(=O)N1Cc2cc(OC)c(OC)cc2C[C@H]1C(=O)O.[NaH]. The molecule has 2 aromatic rings. The van der Waals surface area contributed by atoms with Gasteiger partial charge in [-0.05, 0) is 55.5 Å². The number of benzene rings is 2. The van der Waals surface area contributed by atoms with Gasteiger partial charge in [-0.25, -0.2) is 4.79 Å². The molecule has 2 N–H and O–H groups in total. The number of aliphatic carboxylic acids is 1. The molecule has 37 heavy (non-hydrogen) atoms. The second-order valence-electron chi connectivity index (χ2n) is 8.72. The van der Waals surface area contributed by atoms with Crippen LogP contribution in [0.1, 0.15) is 37.0 Å². The van der Waals surface area contributed by atoms with Crippen LogP contribution in [0.25, 0.3) is 0 Å². The van der Waals surface area contributed by atoms with Crippen molar-refractivity contribution in [2.75, 3.05) is 20.8 Å². The number of methoxy groups -OCH3 is 2. The monoisotopic (exact) mass is 522 g/mol. The summed E-state index contributed by atoms with van der Waals surface area (Å²) in [6.45, 7) is 3.69. The number of ether oxygens (including phenoxy) is 3. The Morgan fingerprint density at radius 1 is 1.08 bits per heavy atom. The number of esters is 1. The van der Waals surface area contributed by atoms with Crippen molar-refractivity contribution in [3.8, 4) is 11.5 Å². The first-order valence-electron chi connectivity index (χ1n) is 12.0. The molecule has 2 unspecified atom stereocenters. The molecular formula is C27H35N2NaO7. The Morgan fingerprint density at radius 3 is 2.27 bits per heavy atom. The van der Waals surface area contributed by atoms with Gasteiger partial charge >= 0.3 is 41.5 Å². The van der Waals surface area contributed by atoms with Gasteiger partial charge in [-0.1, -0.05) is 30.3 Å². The molecule has 1 heterocycles. The quantitative estimate of drug-likeness (QED) is 0.340. The average molecular weight is 523 g/mol. The summed E-state index contributed by atoms with van der Waals surface area (Å²) in [7, 11) is 3.04. The van der Waals surface area contributed by atoms with Crippen molar-refractivity contribution in [3.05, 3.63) is 59.2 Å². The van der Waals surface area contributed by atoms with Crippen molar-refractivity contribution in [1.82, 2.24) is 10.2 Å². The van der Waals surface area contributed by atoms with Crippen LogP contribution in [0.5, 0.6) is 11.5 Å². The molecule has 0 bridgehead atoms. The standard InChI is InChI=1S/C27H34N2O7.Na.H/c1-5-36-27(33)21(12-11-18-9-7-6-8-10-18)28-17(2)25(30)29-16-20-15-24(35-4)23(34-3)14-19(20)13-22(29)26(31)32;;/h6-10,14-15,17,21-22,28H,5,11-13,16H2,1-4H3,(H,31,32);;/t17?,21?,22-;;/m0../s1. The molecule has 1 aliphatic heterocycles. The summed E-state index contributed by atoms with van der Waals surface area (Å²) in [6.07, 6.45) is 1.19. The number of aryl methyl sites for hydroxylation is 1. The van der Waals surface area contributed by atoms with Gasteiger partial charge in [0.25, 0.3) is 0 Å². The molecule has 3 rings (SSSR count). The molecule has 0 aromatic heterocycles. The molecule has 0 saturated heterocycles. The first-order chi connectivity index (χ1) is 17.3. The van der Waals surface area contributed by atoms with Crippen LogP contribution in [0.4, 0.5) is 0 Å². The third-order valence-electron chi connectivity index (χ3n) is 6.36. The minimum atomic E-state index is -1.10. The van der Waals surface area contributed by atoms with Crippen molar-refractivity contribution in [3.63, 3.8) is 0 Å². The Balaban J connectivity index is 0.00000481. The maximum absolute atomic E-state index is 13.5. The molecule has 2 aromatic carbocycles. The topological polar surface area (TPSA) is 114 Å². The normalized spacial score (nSPS) is 16.0. The van der Waals surface area contributed by atoms with E-state index in [1.54, 1.807) is 26.0 Å². The van der Waals surface area contributed by atoms with Crippen LogP contribution in [0.3, 0.4) is 0 Å². The van der Waals surface area contributed by atoms with Gasteiger partial charge < -0.3 is 24.2 Å². The van der Waals surface area contributed by atoms with Crippen molar-refractivity contribution < 1.29 is 33.7 Å². The molecule has 0 radical (unpaired) electrons. The molecule has 0 spiro atoms. The second kappa shape index (κ2) is 14.4. The van der Waals surface area contributed by atoms with Gasteiger partial charge in [-0.15, -0.1) is 0 Å². The zero-order chi connectivity index (χ0) is 26.2. The number of carboxylic acid groups (broad SMARTS) is 1. The molecule has 10 heteroatoms. The van der Waals surface area contributed by atoms with Crippen LogP contribution in [-0.4, -0.2) is 96.4 Å². The number of carbonyl (C=O) groups excluding carboxylic acids is 2. The van der Waals surface area contributed by atoms with Gasteiger partial charge in [0.2, 0.25) is 5.91 Å². The Bertz CT molecular complexity index is 1080. The molecule has 9 nitrogen and oxygen atoms in total. The fourth-order valence-electron chi connectivity index (χ4n) is 4.45. The van der Waals surface area contributed by atoms with Gasteiger partial charge in [-0.2, -0.15) is 0 Å². The van der Waals surface area contributed by atoms with Gasteiger partial charge in [0.15, 0.2) is 11.5 Å². The zero-order valence-corrected chi connectivity index (χ0v) is 21.2. The summed E-state index contributed by atoms with van der Waals surface area (Å²) in [6, 6.07) is 10.7. The van der Waals surface area contributed by atoms with Gasteiger partial charge in [0, 0.05) is 13.0 Å². The van der Waals surface area contributed by atoms with E-state index in [1.807, 2.05) is 30.3 Å². The number of rotatable bonds is 11. The first-order valence-corrected chi connectivity index (χ1v) is 12.0. The van der Waals surface area contributed by atoms with Crippen molar-refractivity contribution in [1.29, 1.82) is 0 Å². The van der Waals surface area contributed by atoms with Crippen LogP contribution >= 0.6 is 0 Å². The molecular weight excluding hydrogens is 487 g/mol. The predicted octanol–water partition coefficient (Wildman–Crippen LogP) is 1.94. The maximum atomic E-state index is 13.5. The molecule has 0 saturated carbocycles. The van der Waals surface area contributed by atoms with Crippen LogP contribution in [0, 0.1) is 0 Å². The van der Waals surface area contributed by atoms with Crippen LogP contribution < -0.4 is 14.8 Å². The molecule has 0 aliphatic carbocycles. The van der Waals surface area contributed by atoms with Crippen LogP contribution in [0.2, 0.25) is 0 Å². The number of hydrogen-bond donors (Lipinski definition) is 2. The van der Waals surface area contributed by atoms with E-state index < -0.39 is 36.0 Å². The summed E-state index contributed by atoms with van der Waals surface area (Å²) < 4.78 is 15.9. The summed E-state index contributed by atoms with van der Waals surface area (Å²) >= 11 is 0. The van der Waals surface area contributed by atoms with E-state index in [1.165, 1.54) is 19.1 Å². The van der Waals surface area contributed by atoms with Crippen molar-refractivity contribution in [2.24, 2.45) is 0 Å². The average Bonchev–Trinajstić information content (AvgIpc) is 2.89. The Morgan fingerprint density at radius 2 is 1.70 bits per heavy atom. The molecule has 1 amide bonds. The number of carboxylic acids is 1. The fraction of sp³-hybridized carbons (Fsp3) is 0.444. The van der Waals surface area contributed by atoms with Crippen molar-refractivity contribution >= 4 is 47.4 Å². The van der Waals surface area contributed by atoms with Gasteiger partial charge in [0.05, 0.1) is 26.9 Å². The van der Waals surface area contributed by atoms with Crippen molar-refractivity contribution in [2.45, 2.75) is 57.8 Å². The number of fused-ring (bicyclic) bond motifs is 1. The summed E-state index contributed by atoms with van der Waals surface area (Å²) in [5.41, 5.74) is 2.64. The number of nitrogens with zero attached hydrogens (tertiary/aromatic N) is 1. The Kier molecular flexibility index (Phi) is 11.9. The van der Waals surface area contributed by atoms with Crippen LogP contribution in [0.15, 0.2) is 42.5 Å². The number of amides is 1. The number of nitrogens with one attached hydrogen (secondary N) is 1. The first kappa shape index (κ1) is 30.6. The van der Waals surface area contributed by atoms with E-state index in [0.29, 0.717) is 24.3 Å². The summed E-state index contributed by atoms with van der Waals surface area (Å²) in [5.74, 6) is -0.930. The molecule has 3 atom stereocenters. The van der Waals surface area contributed by atoms with Gasteiger partial charge in [-0.3, -0.25) is 14.9 Å². The fourth-order valence-corrected chi connectivity index (χ4v) is 4.45. The number of hydrogen-bond acceptors (Lipinski definition) is 7. The van der Waals surface area contributed by atoms with E-state index in [4.69, 9.17) is 14.2 Å². The van der Waals surface area contributed by atoms with Crippen LogP contribution in [-0.2, 0) is 38.5 Å². The third-order valence-corrected chi connectivity index (χ3v) is 6.36. The van der Waals surface area contributed by atoms with E-state index in [2.05, 4.69) is 5.32 Å². The second-order valence-corrected chi connectivity index (χ2v) is 8.72. The Hall–Kier alpha value is -2.59. The molecule has 0 fully saturated rings.